The third kappa shape index (κ3) is 58.5. The molecule has 0 aliphatic carbocycles. The molecule has 6 nitrogen and oxygen atoms in total. The van der Waals surface area contributed by atoms with Crippen LogP contribution in [0.15, 0.2) is 0 Å². The highest BCUT2D eigenvalue weighted by atomic mass is 16.5. The Labute approximate surface area is 58.1 Å². The molecule has 0 rings (SSSR count). The highest BCUT2D eigenvalue weighted by molar-refractivity contribution is 5.69. The Morgan fingerprint density at radius 2 is 1.70 bits per heavy atom. The third-order valence-corrected chi connectivity index (χ3v) is 0.387. The predicted octanol–water partition coefficient (Wildman–Crippen LogP) is -2.30. The largest absolute Gasteiger partial charge is 0.396 e. The molecule has 0 saturated carbocycles. The maximum Gasteiger partial charge on any atom is 0.309 e. The number of nitrogens with two attached hydrogens (primary N) is 2. The monoisotopic (exact) mass is 152 g/mol. The molecule has 0 aliphatic heterocycles. The number of carbonyl (C=O) groups is 1. The van der Waals surface area contributed by atoms with Gasteiger partial charge in [0.1, 0.15) is 0 Å². The van der Waals surface area contributed by atoms with E-state index in [-0.39, 0.29) is 13.0 Å². The Kier molecular flexibility index (Phi) is 9.69. The van der Waals surface area contributed by atoms with Crippen LogP contribution in [0.5, 0.6) is 0 Å². The fraction of sp³-hybridized carbons (Fsp3) is 0.750. The average molecular weight is 152 g/mol. The highest BCUT2D eigenvalue weighted by Crippen LogP contribution is 1.79. The van der Waals surface area contributed by atoms with Crippen LogP contribution >= 0.6 is 0 Å². The summed E-state index contributed by atoms with van der Waals surface area (Å²) < 4.78 is 0. The van der Waals surface area contributed by atoms with Crippen molar-refractivity contribution in [2.75, 3.05) is 6.61 Å². The number of primary amides is 2. The van der Waals surface area contributed by atoms with Gasteiger partial charge in [-0.25, -0.2) is 4.79 Å². The van der Waals surface area contributed by atoms with Crippen LogP contribution in [-0.2, 0) is 0 Å². The molecule has 10 heavy (non-hydrogen) atoms. The first-order valence-electron chi connectivity index (χ1n) is 2.52. The van der Waals surface area contributed by atoms with E-state index >= 15 is 0 Å². The van der Waals surface area contributed by atoms with Crippen LogP contribution in [0.2, 0.25) is 0 Å². The first-order chi connectivity index (χ1) is 4.50. The minimum Gasteiger partial charge on any atom is -0.396 e. The lowest BCUT2D eigenvalue weighted by molar-refractivity contribution is -0.0537. The van der Waals surface area contributed by atoms with Gasteiger partial charge in [-0.15, -0.1) is 0 Å². The summed E-state index contributed by atoms with van der Waals surface area (Å²) in [7, 11) is 0. The van der Waals surface area contributed by atoms with E-state index in [0.717, 1.165) is 0 Å². The maximum atomic E-state index is 9.00. The van der Waals surface area contributed by atoms with Crippen LogP contribution in [0.4, 0.5) is 4.79 Å². The van der Waals surface area contributed by atoms with Crippen LogP contribution in [0, 0.1) is 0 Å². The van der Waals surface area contributed by atoms with Gasteiger partial charge in [0.15, 0.2) is 6.29 Å². The normalized spacial score (nSPS) is 8.40. The van der Waals surface area contributed by atoms with E-state index < -0.39 is 12.3 Å². The number of rotatable bonds is 2. The van der Waals surface area contributed by atoms with Crippen molar-refractivity contribution in [3.8, 4) is 0 Å². The Morgan fingerprint density at radius 1 is 1.40 bits per heavy atom. The van der Waals surface area contributed by atoms with Crippen molar-refractivity contribution in [1.82, 2.24) is 0 Å². The molecule has 0 heterocycles. The maximum absolute atomic E-state index is 9.00. The molecular formula is C4H12N2O4. The van der Waals surface area contributed by atoms with Crippen LogP contribution in [0.3, 0.4) is 0 Å². The fourth-order valence-corrected chi connectivity index (χ4v) is 0.115. The molecule has 0 aromatic rings. The van der Waals surface area contributed by atoms with Gasteiger partial charge in [0.05, 0.1) is 0 Å². The van der Waals surface area contributed by atoms with Crippen molar-refractivity contribution in [2.24, 2.45) is 11.5 Å². The van der Waals surface area contributed by atoms with Crippen molar-refractivity contribution < 1.29 is 20.1 Å². The molecule has 0 radical (unpaired) electrons. The minimum absolute atomic E-state index is 0.0417. The smallest absolute Gasteiger partial charge is 0.309 e. The van der Waals surface area contributed by atoms with Crippen LogP contribution in [0.25, 0.3) is 0 Å². The van der Waals surface area contributed by atoms with Gasteiger partial charge in [0.25, 0.3) is 0 Å². The number of aliphatic hydroxyl groups is 3. The molecule has 0 spiro atoms. The van der Waals surface area contributed by atoms with Crippen molar-refractivity contribution in [3.05, 3.63) is 0 Å². The summed E-state index contributed by atoms with van der Waals surface area (Å²) in [5.74, 6) is 0. The summed E-state index contributed by atoms with van der Waals surface area (Å²) in [4.78, 5) is 9.00. The van der Waals surface area contributed by atoms with Gasteiger partial charge in [-0.2, -0.15) is 0 Å². The zero-order valence-electron chi connectivity index (χ0n) is 5.40. The van der Waals surface area contributed by atoms with Crippen LogP contribution in [-0.4, -0.2) is 34.2 Å². The average Bonchev–Trinajstić information content (AvgIpc) is 1.62. The molecule has 0 aromatic carbocycles. The number of carbonyl (C=O) groups excluding carboxylic acids is 1. The minimum atomic E-state index is -1.35. The lowest BCUT2D eigenvalue weighted by atomic mass is 10.5. The standard InChI is InChI=1S/C3H8O3.CH4N2O/c4-2-1-3(5)6;2-1(3)4/h3-6H,1-2H2;(H4,2,3,4). The van der Waals surface area contributed by atoms with Gasteiger partial charge < -0.3 is 26.8 Å². The molecule has 2 amide bonds. The number of hydrogen-bond donors (Lipinski definition) is 5. The van der Waals surface area contributed by atoms with Crippen LogP contribution < -0.4 is 11.5 Å². The van der Waals surface area contributed by atoms with E-state index in [9.17, 15) is 0 Å². The zero-order chi connectivity index (χ0) is 8.57. The number of aliphatic hydroxyl groups excluding tert-OH is 2. The molecular weight excluding hydrogens is 140 g/mol. The second kappa shape index (κ2) is 8.15. The highest BCUT2D eigenvalue weighted by Gasteiger charge is 1.90. The van der Waals surface area contributed by atoms with E-state index in [4.69, 9.17) is 20.1 Å². The topological polar surface area (TPSA) is 130 Å². The molecule has 0 unspecified atom stereocenters. The summed E-state index contributed by atoms with van der Waals surface area (Å²) in [5, 5.41) is 23.8. The van der Waals surface area contributed by atoms with Crippen molar-refractivity contribution in [3.63, 3.8) is 0 Å². The van der Waals surface area contributed by atoms with E-state index in [1.54, 1.807) is 0 Å². The fourth-order valence-electron chi connectivity index (χ4n) is 0.115. The zero-order valence-corrected chi connectivity index (χ0v) is 5.40. The van der Waals surface area contributed by atoms with Gasteiger partial charge in [-0.05, 0) is 0 Å². The number of urea groups is 1. The summed E-state index contributed by atoms with van der Waals surface area (Å²) >= 11 is 0. The molecule has 0 bridgehead atoms. The first-order valence-corrected chi connectivity index (χ1v) is 2.52. The molecule has 0 fully saturated rings. The van der Waals surface area contributed by atoms with Gasteiger partial charge in [-0.1, -0.05) is 0 Å². The summed E-state index contributed by atoms with van der Waals surface area (Å²) in [6.45, 7) is -0.169. The van der Waals surface area contributed by atoms with Gasteiger partial charge in [0, 0.05) is 13.0 Å². The molecule has 7 N–H and O–H groups in total. The molecule has 62 valence electrons. The van der Waals surface area contributed by atoms with E-state index in [1.807, 2.05) is 0 Å². The molecule has 6 heteroatoms. The summed E-state index contributed by atoms with van der Waals surface area (Å²) in [6, 6.07) is -0.833. The quantitative estimate of drug-likeness (QED) is 0.285. The van der Waals surface area contributed by atoms with E-state index in [1.165, 1.54) is 0 Å². The summed E-state index contributed by atoms with van der Waals surface area (Å²) in [6.07, 6.45) is -1.31. The van der Waals surface area contributed by atoms with E-state index in [0.29, 0.717) is 0 Å². The molecule has 0 aromatic heterocycles. The van der Waals surface area contributed by atoms with Gasteiger partial charge in [0.2, 0.25) is 0 Å². The Morgan fingerprint density at radius 3 is 1.70 bits per heavy atom. The summed E-state index contributed by atoms with van der Waals surface area (Å²) in [5.41, 5.74) is 8.50. The van der Waals surface area contributed by atoms with Crippen molar-refractivity contribution in [2.45, 2.75) is 12.7 Å². The Hall–Kier alpha value is -0.850. The third-order valence-electron chi connectivity index (χ3n) is 0.387. The Bertz CT molecular complexity index is 81.3. The predicted molar refractivity (Wildman–Crippen MR) is 33.7 cm³/mol. The second-order valence-corrected chi connectivity index (χ2v) is 1.40. The SMILES string of the molecule is NC(N)=O.OCCC(O)O. The van der Waals surface area contributed by atoms with Gasteiger partial charge in [-0.3, -0.25) is 0 Å². The first kappa shape index (κ1) is 11.9. The molecule has 0 atom stereocenters. The van der Waals surface area contributed by atoms with E-state index in [2.05, 4.69) is 11.5 Å². The number of hydrogen-bond acceptors (Lipinski definition) is 4. The van der Waals surface area contributed by atoms with Crippen LogP contribution in [0.1, 0.15) is 6.42 Å². The lowest BCUT2D eigenvalue weighted by Gasteiger charge is -1.94. The number of amides is 2. The lowest BCUT2D eigenvalue weighted by Crippen LogP contribution is -2.18. The van der Waals surface area contributed by atoms with Crippen molar-refractivity contribution in [1.29, 1.82) is 0 Å². The molecule has 0 saturated heterocycles. The van der Waals surface area contributed by atoms with Crippen molar-refractivity contribution >= 4 is 6.03 Å². The molecule has 0 aliphatic rings. The Balaban J connectivity index is 0. The van der Waals surface area contributed by atoms with Gasteiger partial charge >= 0.3 is 6.03 Å². The second-order valence-electron chi connectivity index (χ2n) is 1.40.